The zero-order valence-corrected chi connectivity index (χ0v) is 9.89. The quantitative estimate of drug-likeness (QED) is 0.490. The number of nitro groups is 1. The Morgan fingerprint density at radius 2 is 2.06 bits per heavy atom. The number of hydrogen-bond donors (Lipinski definition) is 1. The minimum absolute atomic E-state index is 0.120. The summed E-state index contributed by atoms with van der Waals surface area (Å²) in [6, 6.07) is 4.21. The van der Waals surface area contributed by atoms with Gasteiger partial charge >= 0.3 is 5.97 Å². The zero-order valence-electron chi connectivity index (χ0n) is 9.89. The second kappa shape index (κ2) is 4.50. The molecule has 0 atom stereocenters. The standard InChI is InChI=1S/C11H14N2O4/c1-11(2,12)9-7(10(14)17-3)5-4-6-8(9)13(15)16/h4-6H,12H2,1-3H3. The predicted molar refractivity (Wildman–Crippen MR) is 61.6 cm³/mol. The molecule has 6 nitrogen and oxygen atoms in total. The number of rotatable bonds is 3. The number of ether oxygens (including phenoxy) is 1. The van der Waals surface area contributed by atoms with Gasteiger partial charge in [-0.25, -0.2) is 4.79 Å². The molecular formula is C11H14N2O4. The van der Waals surface area contributed by atoms with Gasteiger partial charge in [-0.3, -0.25) is 10.1 Å². The van der Waals surface area contributed by atoms with E-state index in [0.717, 1.165) is 0 Å². The molecule has 2 N–H and O–H groups in total. The van der Waals surface area contributed by atoms with Crippen molar-refractivity contribution >= 4 is 11.7 Å². The number of hydrogen-bond acceptors (Lipinski definition) is 5. The Bertz CT molecular complexity index is 463. The molecule has 17 heavy (non-hydrogen) atoms. The van der Waals surface area contributed by atoms with Crippen LogP contribution in [-0.2, 0) is 10.3 Å². The highest BCUT2D eigenvalue weighted by Crippen LogP contribution is 2.31. The summed E-state index contributed by atoms with van der Waals surface area (Å²) in [5.74, 6) is -0.637. The van der Waals surface area contributed by atoms with E-state index in [0.29, 0.717) is 0 Å². The van der Waals surface area contributed by atoms with Gasteiger partial charge in [0.1, 0.15) is 0 Å². The molecular weight excluding hydrogens is 224 g/mol. The first-order valence-corrected chi connectivity index (χ1v) is 4.94. The van der Waals surface area contributed by atoms with Crippen molar-refractivity contribution < 1.29 is 14.5 Å². The highest BCUT2D eigenvalue weighted by Gasteiger charge is 2.31. The lowest BCUT2D eigenvalue weighted by molar-refractivity contribution is -0.386. The van der Waals surface area contributed by atoms with Gasteiger partial charge in [-0.05, 0) is 19.9 Å². The molecule has 1 aromatic rings. The summed E-state index contributed by atoms with van der Waals surface area (Å²) in [5, 5.41) is 10.9. The van der Waals surface area contributed by atoms with Gasteiger partial charge in [-0.1, -0.05) is 6.07 Å². The molecule has 1 aromatic carbocycles. The maximum absolute atomic E-state index is 11.6. The van der Waals surface area contributed by atoms with Crippen LogP contribution in [0.3, 0.4) is 0 Å². The third-order valence-corrected chi connectivity index (χ3v) is 2.29. The third-order valence-electron chi connectivity index (χ3n) is 2.29. The van der Waals surface area contributed by atoms with Gasteiger partial charge < -0.3 is 10.5 Å². The molecule has 0 fully saturated rings. The average Bonchev–Trinajstić information content (AvgIpc) is 2.25. The summed E-state index contributed by atoms with van der Waals surface area (Å²) in [4.78, 5) is 21.9. The molecule has 0 amide bonds. The smallest absolute Gasteiger partial charge is 0.338 e. The molecule has 0 heterocycles. The monoisotopic (exact) mass is 238 g/mol. The molecule has 92 valence electrons. The van der Waals surface area contributed by atoms with Gasteiger partial charge in [0.15, 0.2) is 0 Å². The van der Waals surface area contributed by atoms with Crippen LogP contribution in [0.5, 0.6) is 0 Å². The average molecular weight is 238 g/mol. The first-order valence-electron chi connectivity index (χ1n) is 4.94. The first-order chi connectivity index (χ1) is 7.79. The highest BCUT2D eigenvalue weighted by atomic mass is 16.6. The number of methoxy groups -OCH3 is 1. The fourth-order valence-corrected chi connectivity index (χ4v) is 1.65. The van der Waals surface area contributed by atoms with E-state index in [4.69, 9.17) is 5.73 Å². The maximum Gasteiger partial charge on any atom is 0.338 e. The molecule has 0 aromatic heterocycles. The molecule has 0 spiro atoms. The Labute approximate surface area is 98.5 Å². The van der Waals surface area contributed by atoms with Crippen LogP contribution < -0.4 is 5.73 Å². The van der Waals surface area contributed by atoms with Crippen molar-refractivity contribution in [3.63, 3.8) is 0 Å². The van der Waals surface area contributed by atoms with Gasteiger partial charge in [0.05, 0.1) is 23.2 Å². The van der Waals surface area contributed by atoms with E-state index >= 15 is 0 Å². The fourth-order valence-electron chi connectivity index (χ4n) is 1.65. The maximum atomic E-state index is 11.6. The Kier molecular flexibility index (Phi) is 3.47. The number of carbonyl (C=O) groups is 1. The SMILES string of the molecule is COC(=O)c1cccc([N+](=O)[O-])c1C(C)(C)N. The number of carbonyl (C=O) groups excluding carboxylic acids is 1. The van der Waals surface area contributed by atoms with Crippen molar-refractivity contribution in [2.75, 3.05) is 7.11 Å². The minimum atomic E-state index is -1.01. The summed E-state index contributed by atoms with van der Waals surface area (Å²) >= 11 is 0. The summed E-state index contributed by atoms with van der Waals surface area (Å²) in [6.45, 7) is 3.20. The second-order valence-corrected chi connectivity index (χ2v) is 4.17. The Hall–Kier alpha value is -1.95. The Morgan fingerprint density at radius 3 is 2.47 bits per heavy atom. The Morgan fingerprint density at radius 1 is 1.47 bits per heavy atom. The lowest BCUT2D eigenvalue weighted by Gasteiger charge is -2.21. The summed E-state index contributed by atoms with van der Waals surface area (Å²) in [5.41, 5.74) is 4.99. The molecule has 0 unspecified atom stereocenters. The largest absolute Gasteiger partial charge is 0.465 e. The van der Waals surface area contributed by atoms with Gasteiger partial charge in [0.25, 0.3) is 5.69 Å². The first kappa shape index (κ1) is 13.1. The number of nitrogens with zero attached hydrogens (tertiary/aromatic N) is 1. The van der Waals surface area contributed by atoms with E-state index in [1.54, 1.807) is 13.8 Å². The van der Waals surface area contributed by atoms with E-state index in [9.17, 15) is 14.9 Å². The van der Waals surface area contributed by atoms with Gasteiger partial charge in [-0.2, -0.15) is 0 Å². The molecule has 0 aliphatic heterocycles. The van der Waals surface area contributed by atoms with Crippen LogP contribution in [-0.4, -0.2) is 18.0 Å². The van der Waals surface area contributed by atoms with Gasteiger partial charge in [-0.15, -0.1) is 0 Å². The van der Waals surface area contributed by atoms with Crippen LogP contribution in [0.25, 0.3) is 0 Å². The summed E-state index contributed by atoms with van der Waals surface area (Å²) in [6.07, 6.45) is 0. The van der Waals surface area contributed by atoms with Crippen LogP contribution >= 0.6 is 0 Å². The van der Waals surface area contributed by atoms with E-state index in [2.05, 4.69) is 4.74 Å². The number of nitrogens with two attached hydrogens (primary N) is 1. The van der Waals surface area contributed by atoms with Crippen molar-refractivity contribution in [2.24, 2.45) is 5.73 Å². The van der Waals surface area contributed by atoms with Gasteiger partial charge in [0.2, 0.25) is 0 Å². The number of esters is 1. The lowest BCUT2D eigenvalue weighted by atomic mass is 9.89. The second-order valence-electron chi connectivity index (χ2n) is 4.17. The van der Waals surface area contributed by atoms with Crippen molar-refractivity contribution in [1.82, 2.24) is 0 Å². The molecule has 0 aliphatic carbocycles. The number of nitro benzene ring substituents is 1. The zero-order chi connectivity index (χ0) is 13.2. The van der Waals surface area contributed by atoms with Crippen LogP contribution in [0.1, 0.15) is 29.8 Å². The van der Waals surface area contributed by atoms with Gasteiger partial charge in [0, 0.05) is 11.6 Å². The highest BCUT2D eigenvalue weighted by molar-refractivity contribution is 5.92. The predicted octanol–water partition coefficient (Wildman–Crippen LogP) is 1.58. The third kappa shape index (κ3) is 2.59. The van der Waals surface area contributed by atoms with Crippen molar-refractivity contribution in [2.45, 2.75) is 19.4 Å². The summed E-state index contributed by atoms with van der Waals surface area (Å²) < 4.78 is 4.59. The van der Waals surface area contributed by atoms with E-state index in [-0.39, 0.29) is 16.8 Å². The van der Waals surface area contributed by atoms with Crippen molar-refractivity contribution in [3.05, 3.63) is 39.4 Å². The van der Waals surface area contributed by atoms with Crippen molar-refractivity contribution in [1.29, 1.82) is 0 Å². The van der Waals surface area contributed by atoms with E-state index in [1.807, 2.05) is 0 Å². The van der Waals surface area contributed by atoms with E-state index in [1.165, 1.54) is 25.3 Å². The van der Waals surface area contributed by atoms with Crippen LogP contribution in [0, 0.1) is 10.1 Å². The van der Waals surface area contributed by atoms with Crippen molar-refractivity contribution in [3.8, 4) is 0 Å². The Balaban J connectivity index is 3.57. The van der Waals surface area contributed by atoms with E-state index < -0.39 is 16.4 Å². The summed E-state index contributed by atoms with van der Waals surface area (Å²) in [7, 11) is 1.22. The van der Waals surface area contributed by atoms with Crippen LogP contribution in [0.2, 0.25) is 0 Å². The molecule has 0 saturated heterocycles. The molecule has 0 radical (unpaired) electrons. The minimum Gasteiger partial charge on any atom is -0.465 e. The number of benzene rings is 1. The molecule has 0 aliphatic rings. The molecule has 0 bridgehead atoms. The molecule has 1 rings (SSSR count). The van der Waals surface area contributed by atoms with Crippen LogP contribution in [0.4, 0.5) is 5.69 Å². The topological polar surface area (TPSA) is 95.5 Å². The van der Waals surface area contributed by atoms with Crippen LogP contribution in [0.15, 0.2) is 18.2 Å². The lowest BCUT2D eigenvalue weighted by Crippen LogP contribution is -2.32. The fraction of sp³-hybridized carbons (Fsp3) is 0.364. The normalized spacial score (nSPS) is 11.1. The molecule has 6 heteroatoms. The molecule has 0 saturated carbocycles.